The molecule has 0 fully saturated rings. The fourth-order valence-corrected chi connectivity index (χ4v) is 4.52. The van der Waals surface area contributed by atoms with Crippen molar-refractivity contribution in [3.05, 3.63) is 29.5 Å². The molecule has 4 rings (SSSR count). The summed E-state index contributed by atoms with van der Waals surface area (Å²) in [4.78, 5) is 18.1. The summed E-state index contributed by atoms with van der Waals surface area (Å²) in [5.74, 6) is 1.31. The minimum absolute atomic E-state index is 0.191. The van der Waals surface area contributed by atoms with Gasteiger partial charge in [-0.15, -0.1) is 23.1 Å². The van der Waals surface area contributed by atoms with Gasteiger partial charge in [-0.1, -0.05) is 6.92 Å². The van der Waals surface area contributed by atoms with Crippen molar-refractivity contribution >= 4 is 44.5 Å². The van der Waals surface area contributed by atoms with Gasteiger partial charge in [-0.05, 0) is 11.8 Å². The van der Waals surface area contributed by atoms with Gasteiger partial charge in [0.1, 0.15) is 16.7 Å². The third kappa shape index (κ3) is 2.73. The molecule has 0 aromatic carbocycles. The Hall–Kier alpha value is -2.20. The standard InChI is InChI=1S/C16H12F3N5S2/c1-3-25-13-11(20-6-10-12(13)26-7-22-10)15-23-9-4-8(16(17,18)19)5-21-14(9)24(15)2/h4-7H,3H2,1-2H3. The maximum Gasteiger partial charge on any atom is 0.417 e. The zero-order valence-corrected chi connectivity index (χ0v) is 15.3. The Labute approximate surface area is 154 Å². The lowest BCUT2D eigenvalue weighted by atomic mass is 10.2. The molecule has 4 aromatic heterocycles. The lowest BCUT2D eigenvalue weighted by molar-refractivity contribution is -0.137. The maximum atomic E-state index is 13.0. The van der Waals surface area contributed by atoms with E-state index in [1.165, 1.54) is 11.3 Å². The fraction of sp³-hybridized carbons (Fsp3) is 0.250. The van der Waals surface area contributed by atoms with Gasteiger partial charge >= 0.3 is 6.18 Å². The largest absolute Gasteiger partial charge is 0.417 e. The first-order valence-electron chi connectivity index (χ1n) is 7.65. The van der Waals surface area contributed by atoms with Gasteiger partial charge in [-0.2, -0.15) is 13.2 Å². The van der Waals surface area contributed by atoms with E-state index >= 15 is 0 Å². The number of aryl methyl sites for hydroxylation is 1. The number of rotatable bonds is 3. The van der Waals surface area contributed by atoms with Crippen molar-refractivity contribution in [3.63, 3.8) is 0 Å². The first-order chi connectivity index (χ1) is 12.4. The molecule has 0 aliphatic carbocycles. The Bertz CT molecular complexity index is 1120. The molecule has 0 spiro atoms. The normalized spacial score (nSPS) is 12.3. The topological polar surface area (TPSA) is 56.5 Å². The number of hydrogen-bond acceptors (Lipinski definition) is 6. The van der Waals surface area contributed by atoms with Crippen LogP contribution in [0.5, 0.6) is 0 Å². The summed E-state index contributed by atoms with van der Waals surface area (Å²) in [5.41, 5.74) is 2.93. The molecule has 0 saturated heterocycles. The predicted molar refractivity (Wildman–Crippen MR) is 96.3 cm³/mol. The van der Waals surface area contributed by atoms with Crippen LogP contribution in [0.4, 0.5) is 13.2 Å². The Kier molecular flexibility index (Phi) is 4.11. The molecule has 0 aliphatic rings. The van der Waals surface area contributed by atoms with Crippen molar-refractivity contribution in [2.45, 2.75) is 18.0 Å². The minimum Gasteiger partial charge on any atom is -0.310 e. The molecule has 0 aliphatic heterocycles. The van der Waals surface area contributed by atoms with Crippen LogP contribution in [0.15, 0.2) is 28.9 Å². The molecular weight excluding hydrogens is 383 g/mol. The smallest absolute Gasteiger partial charge is 0.310 e. The number of thioether (sulfide) groups is 1. The number of halogens is 3. The van der Waals surface area contributed by atoms with Crippen molar-refractivity contribution < 1.29 is 13.2 Å². The van der Waals surface area contributed by atoms with E-state index in [4.69, 9.17) is 0 Å². The van der Waals surface area contributed by atoms with Gasteiger partial charge in [0.25, 0.3) is 0 Å². The molecule has 4 heterocycles. The van der Waals surface area contributed by atoms with Crippen LogP contribution >= 0.6 is 23.1 Å². The summed E-state index contributed by atoms with van der Waals surface area (Å²) in [6.07, 6.45) is -1.97. The van der Waals surface area contributed by atoms with E-state index in [1.807, 2.05) is 6.92 Å². The van der Waals surface area contributed by atoms with Crippen molar-refractivity contribution in [1.29, 1.82) is 0 Å². The molecule has 0 atom stereocenters. The number of hydrogen-bond donors (Lipinski definition) is 0. The van der Waals surface area contributed by atoms with Gasteiger partial charge in [0, 0.05) is 13.2 Å². The zero-order chi connectivity index (χ0) is 18.5. The first-order valence-corrected chi connectivity index (χ1v) is 9.51. The lowest BCUT2D eigenvalue weighted by Crippen LogP contribution is -2.05. The van der Waals surface area contributed by atoms with Crippen LogP contribution in [0.1, 0.15) is 12.5 Å². The average molecular weight is 395 g/mol. The molecule has 0 unspecified atom stereocenters. The van der Waals surface area contributed by atoms with E-state index in [0.29, 0.717) is 17.2 Å². The molecule has 4 aromatic rings. The first kappa shape index (κ1) is 17.2. The summed E-state index contributed by atoms with van der Waals surface area (Å²) in [7, 11) is 1.73. The molecule has 0 radical (unpaired) electrons. The number of fused-ring (bicyclic) bond motifs is 2. The molecular formula is C16H12F3N5S2. The highest BCUT2D eigenvalue weighted by atomic mass is 32.2. The fourth-order valence-electron chi connectivity index (χ4n) is 2.69. The predicted octanol–water partition coefficient (Wildman–Crippen LogP) is 4.77. The van der Waals surface area contributed by atoms with Gasteiger partial charge in [-0.25, -0.2) is 19.9 Å². The van der Waals surface area contributed by atoms with Crippen molar-refractivity contribution in [2.75, 3.05) is 5.75 Å². The van der Waals surface area contributed by atoms with Gasteiger partial charge < -0.3 is 4.57 Å². The Morgan fingerprint density at radius 3 is 2.69 bits per heavy atom. The van der Waals surface area contributed by atoms with Crippen molar-refractivity contribution in [1.82, 2.24) is 24.5 Å². The molecule has 0 saturated carbocycles. The molecule has 0 bridgehead atoms. The number of imidazole rings is 1. The molecule has 10 heteroatoms. The van der Waals surface area contributed by atoms with E-state index in [2.05, 4.69) is 19.9 Å². The number of nitrogens with zero attached hydrogens (tertiary/aromatic N) is 5. The third-order valence-corrected chi connectivity index (χ3v) is 5.83. The average Bonchev–Trinajstić information content (AvgIpc) is 3.19. The van der Waals surface area contributed by atoms with Crippen LogP contribution in [0.25, 0.3) is 32.9 Å². The summed E-state index contributed by atoms with van der Waals surface area (Å²) in [6.45, 7) is 2.03. The second kappa shape index (κ2) is 6.20. The van der Waals surface area contributed by atoms with Crippen LogP contribution in [0, 0.1) is 0 Å². The van der Waals surface area contributed by atoms with Gasteiger partial charge in [0.15, 0.2) is 11.5 Å². The summed E-state index contributed by atoms with van der Waals surface area (Å²) in [6, 6.07) is 1.02. The van der Waals surface area contributed by atoms with Gasteiger partial charge in [0.2, 0.25) is 0 Å². The molecule has 26 heavy (non-hydrogen) atoms. The minimum atomic E-state index is -4.46. The summed E-state index contributed by atoms with van der Waals surface area (Å²) in [5, 5.41) is 0. The second-order valence-corrected chi connectivity index (χ2v) is 7.62. The molecule has 5 nitrogen and oxygen atoms in total. The summed E-state index contributed by atoms with van der Waals surface area (Å²) < 4.78 is 41.5. The lowest BCUT2D eigenvalue weighted by Gasteiger charge is -2.08. The number of aromatic nitrogens is 5. The highest BCUT2D eigenvalue weighted by Gasteiger charge is 2.32. The van der Waals surface area contributed by atoms with Crippen LogP contribution in [-0.2, 0) is 13.2 Å². The van der Waals surface area contributed by atoms with E-state index in [0.717, 1.165) is 33.1 Å². The van der Waals surface area contributed by atoms with Crippen molar-refractivity contribution in [3.8, 4) is 11.5 Å². The van der Waals surface area contributed by atoms with Crippen LogP contribution in [0.3, 0.4) is 0 Å². The van der Waals surface area contributed by atoms with Crippen molar-refractivity contribution in [2.24, 2.45) is 7.05 Å². The van der Waals surface area contributed by atoms with Gasteiger partial charge in [-0.3, -0.25) is 0 Å². The van der Waals surface area contributed by atoms with E-state index in [9.17, 15) is 13.2 Å². The van der Waals surface area contributed by atoms with E-state index in [1.54, 1.807) is 35.1 Å². The Balaban J connectivity index is 1.95. The molecule has 0 N–H and O–H groups in total. The van der Waals surface area contributed by atoms with Gasteiger partial charge in [0.05, 0.1) is 26.9 Å². The maximum absolute atomic E-state index is 13.0. The third-order valence-electron chi connectivity index (χ3n) is 3.87. The van der Waals surface area contributed by atoms with Crippen LogP contribution < -0.4 is 0 Å². The summed E-state index contributed by atoms with van der Waals surface area (Å²) >= 11 is 3.12. The second-order valence-electron chi connectivity index (χ2n) is 5.49. The number of thiazole rings is 1. The number of alkyl halides is 3. The highest BCUT2D eigenvalue weighted by Crippen LogP contribution is 2.38. The Morgan fingerprint density at radius 2 is 1.96 bits per heavy atom. The molecule has 0 amide bonds. The van der Waals surface area contributed by atoms with Crippen LogP contribution in [-0.4, -0.2) is 30.3 Å². The Morgan fingerprint density at radius 1 is 1.15 bits per heavy atom. The quantitative estimate of drug-likeness (QED) is 0.468. The van der Waals surface area contributed by atoms with Crippen LogP contribution in [0.2, 0.25) is 0 Å². The monoisotopic (exact) mass is 395 g/mol. The van der Waals surface area contributed by atoms with E-state index < -0.39 is 11.7 Å². The SMILES string of the molecule is CCSc1c(-c2nc3cc(C(F)(F)F)cnc3n2C)ncc2ncsc12. The highest BCUT2D eigenvalue weighted by molar-refractivity contribution is 7.99. The zero-order valence-electron chi connectivity index (χ0n) is 13.7. The number of pyridine rings is 2. The van der Waals surface area contributed by atoms with E-state index in [-0.39, 0.29) is 5.52 Å². The molecule has 134 valence electrons.